The van der Waals surface area contributed by atoms with Gasteiger partial charge in [0.15, 0.2) is 5.78 Å². The first-order valence-corrected chi connectivity index (χ1v) is 6.50. The summed E-state index contributed by atoms with van der Waals surface area (Å²) in [5.74, 6) is 0.221. The first-order chi connectivity index (χ1) is 8.15. The maximum Gasteiger partial charge on any atom is 0.164 e. The minimum absolute atomic E-state index is 0.221. The zero-order valence-corrected chi connectivity index (χ0v) is 11.4. The summed E-state index contributed by atoms with van der Waals surface area (Å²) in [6, 6.07) is 8.41. The van der Waals surface area contributed by atoms with E-state index in [-0.39, 0.29) is 5.78 Å². The van der Waals surface area contributed by atoms with Crippen LogP contribution in [-0.2, 0) is 0 Å². The number of para-hydroxylation sites is 1. The highest BCUT2D eigenvalue weighted by Gasteiger charge is 2.16. The fourth-order valence-corrected chi connectivity index (χ4v) is 2.24. The van der Waals surface area contributed by atoms with Crippen molar-refractivity contribution in [1.82, 2.24) is 0 Å². The van der Waals surface area contributed by atoms with Crippen molar-refractivity contribution in [2.75, 3.05) is 11.9 Å². The monoisotopic (exact) mass is 233 g/mol. The molecule has 0 saturated carbocycles. The van der Waals surface area contributed by atoms with E-state index in [1.165, 1.54) is 0 Å². The van der Waals surface area contributed by atoms with Gasteiger partial charge in [-0.15, -0.1) is 0 Å². The van der Waals surface area contributed by atoms with Gasteiger partial charge in [0.1, 0.15) is 0 Å². The van der Waals surface area contributed by atoms with Gasteiger partial charge >= 0.3 is 0 Å². The highest BCUT2D eigenvalue weighted by Crippen LogP contribution is 2.24. The lowest BCUT2D eigenvalue weighted by Crippen LogP contribution is -2.31. The number of nitrogens with zero attached hydrogens (tertiary/aromatic N) is 1. The minimum Gasteiger partial charge on any atom is -0.371 e. The lowest BCUT2D eigenvalue weighted by atomic mass is 10.0. The quantitative estimate of drug-likeness (QED) is 0.694. The molecule has 0 aromatic heterocycles. The van der Waals surface area contributed by atoms with Crippen molar-refractivity contribution in [3.8, 4) is 0 Å². The summed E-state index contributed by atoms with van der Waals surface area (Å²) in [7, 11) is 2.08. The third kappa shape index (κ3) is 3.09. The average molecular weight is 233 g/mol. The Morgan fingerprint density at radius 2 is 1.76 bits per heavy atom. The van der Waals surface area contributed by atoms with E-state index in [1.807, 2.05) is 31.2 Å². The predicted molar refractivity (Wildman–Crippen MR) is 73.8 cm³/mol. The topological polar surface area (TPSA) is 20.3 Å². The molecule has 0 unspecified atom stereocenters. The highest BCUT2D eigenvalue weighted by molar-refractivity contribution is 6.01. The second-order valence-electron chi connectivity index (χ2n) is 4.38. The van der Waals surface area contributed by atoms with Crippen LogP contribution in [0, 0.1) is 0 Å². The van der Waals surface area contributed by atoms with Crippen LogP contribution in [0.15, 0.2) is 24.3 Å². The molecule has 0 spiro atoms. The number of Topliss-reactive ketones (excluding diaryl/α,β-unsaturated/α-hetero) is 1. The van der Waals surface area contributed by atoms with Crippen molar-refractivity contribution < 1.29 is 4.79 Å². The molecule has 0 saturated heterocycles. The third-order valence-corrected chi connectivity index (χ3v) is 3.40. The molecule has 0 fully saturated rings. The van der Waals surface area contributed by atoms with Gasteiger partial charge in [-0.3, -0.25) is 4.79 Å². The van der Waals surface area contributed by atoms with Gasteiger partial charge in [0.25, 0.3) is 0 Å². The van der Waals surface area contributed by atoms with E-state index in [4.69, 9.17) is 0 Å². The van der Waals surface area contributed by atoms with Crippen LogP contribution in [0.5, 0.6) is 0 Å². The molecule has 0 bridgehead atoms. The molecule has 0 radical (unpaired) electrons. The number of hydrogen-bond acceptors (Lipinski definition) is 2. The maximum atomic E-state index is 11.9. The van der Waals surface area contributed by atoms with Crippen molar-refractivity contribution in [3.63, 3.8) is 0 Å². The van der Waals surface area contributed by atoms with Crippen LogP contribution in [0.3, 0.4) is 0 Å². The Morgan fingerprint density at radius 1 is 1.18 bits per heavy atom. The summed E-state index contributed by atoms with van der Waals surface area (Å²) >= 11 is 0. The molecule has 0 aliphatic heterocycles. The Balaban J connectivity index is 3.08. The molecular weight excluding hydrogens is 210 g/mol. The Labute approximate surface area is 105 Å². The molecule has 1 rings (SSSR count). The summed E-state index contributed by atoms with van der Waals surface area (Å²) in [6.45, 7) is 6.29. The summed E-state index contributed by atoms with van der Waals surface area (Å²) in [5.41, 5.74) is 1.91. The second-order valence-corrected chi connectivity index (χ2v) is 4.38. The smallest absolute Gasteiger partial charge is 0.164 e. The van der Waals surface area contributed by atoms with E-state index in [2.05, 4.69) is 25.8 Å². The van der Waals surface area contributed by atoms with Crippen LogP contribution in [0.4, 0.5) is 5.69 Å². The molecule has 0 aliphatic carbocycles. The van der Waals surface area contributed by atoms with Gasteiger partial charge in [0, 0.05) is 30.8 Å². The number of benzene rings is 1. The number of rotatable bonds is 6. The van der Waals surface area contributed by atoms with Gasteiger partial charge < -0.3 is 4.90 Å². The molecule has 17 heavy (non-hydrogen) atoms. The molecule has 0 aliphatic rings. The fraction of sp³-hybridized carbons (Fsp3) is 0.533. The van der Waals surface area contributed by atoms with Crippen molar-refractivity contribution in [2.45, 2.75) is 46.1 Å². The van der Waals surface area contributed by atoms with Gasteiger partial charge in [-0.25, -0.2) is 0 Å². The Kier molecular flexibility index (Phi) is 5.20. The number of ketones is 1. The van der Waals surface area contributed by atoms with E-state index in [9.17, 15) is 4.79 Å². The molecule has 0 amide bonds. The lowest BCUT2D eigenvalue weighted by Gasteiger charge is -2.30. The molecule has 94 valence electrons. The number of carbonyl (C=O) groups excluding carboxylic acids is 1. The van der Waals surface area contributed by atoms with Crippen LogP contribution in [0.1, 0.15) is 50.4 Å². The Morgan fingerprint density at radius 3 is 2.29 bits per heavy atom. The molecule has 2 heteroatoms. The molecule has 2 nitrogen and oxygen atoms in total. The maximum absolute atomic E-state index is 11.9. The van der Waals surface area contributed by atoms with E-state index >= 15 is 0 Å². The molecular formula is C15H23NO. The van der Waals surface area contributed by atoms with E-state index in [0.29, 0.717) is 12.5 Å². The first-order valence-electron chi connectivity index (χ1n) is 6.50. The molecule has 0 atom stereocenters. The number of carbonyl (C=O) groups is 1. The van der Waals surface area contributed by atoms with Crippen molar-refractivity contribution >= 4 is 11.5 Å². The first kappa shape index (κ1) is 13.8. The third-order valence-electron chi connectivity index (χ3n) is 3.40. The van der Waals surface area contributed by atoms with Crippen LogP contribution in [-0.4, -0.2) is 18.9 Å². The van der Waals surface area contributed by atoms with Gasteiger partial charge in [0.05, 0.1) is 0 Å². The highest BCUT2D eigenvalue weighted by atomic mass is 16.1. The zero-order valence-electron chi connectivity index (χ0n) is 11.4. The normalized spacial score (nSPS) is 10.6. The average Bonchev–Trinajstić information content (AvgIpc) is 2.39. The summed E-state index contributed by atoms with van der Waals surface area (Å²) in [4.78, 5) is 14.2. The van der Waals surface area contributed by atoms with Crippen LogP contribution in [0.25, 0.3) is 0 Å². The summed E-state index contributed by atoms with van der Waals surface area (Å²) in [5, 5.41) is 0. The standard InChI is InChI=1S/C15H23NO/c1-5-12(6-2)16(4)14-11-9-8-10-13(14)15(17)7-3/h8-12H,5-7H2,1-4H3. The van der Waals surface area contributed by atoms with E-state index in [1.54, 1.807) is 0 Å². The van der Waals surface area contributed by atoms with Gasteiger partial charge in [0.2, 0.25) is 0 Å². The molecule has 1 aromatic carbocycles. The second kappa shape index (κ2) is 6.43. The zero-order chi connectivity index (χ0) is 12.8. The SMILES string of the molecule is CCC(=O)c1ccccc1N(C)C(CC)CC. The van der Waals surface area contributed by atoms with Crippen LogP contribution in [0.2, 0.25) is 0 Å². The van der Waals surface area contributed by atoms with E-state index < -0.39 is 0 Å². The minimum atomic E-state index is 0.221. The van der Waals surface area contributed by atoms with Crippen LogP contribution >= 0.6 is 0 Å². The fourth-order valence-electron chi connectivity index (χ4n) is 2.24. The molecule has 0 heterocycles. The van der Waals surface area contributed by atoms with Crippen molar-refractivity contribution in [3.05, 3.63) is 29.8 Å². The van der Waals surface area contributed by atoms with Gasteiger partial charge in [-0.1, -0.05) is 32.9 Å². The van der Waals surface area contributed by atoms with Crippen molar-refractivity contribution in [1.29, 1.82) is 0 Å². The van der Waals surface area contributed by atoms with E-state index in [0.717, 1.165) is 24.1 Å². The molecule has 1 aromatic rings. The number of hydrogen-bond donors (Lipinski definition) is 0. The largest absolute Gasteiger partial charge is 0.371 e. The van der Waals surface area contributed by atoms with Crippen molar-refractivity contribution in [2.24, 2.45) is 0 Å². The number of anilines is 1. The van der Waals surface area contributed by atoms with Crippen LogP contribution < -0.4 is 4.90 Å². The summed E-state index contributed by atoms with van der Waals surface area (Å²) < 4.78 is 0. The Bertz CT molecular complexity index is 369. The Hall–Kier alpha value is -1.31. The van der Waals surface area contributed by atoms with Gasteiger partial charge in [-0.2, -0.15) is 0 Å². The van der Waals surface area contributed by atoms with Gasteiger partial charge in [-0.05, 0) is 25.0 Å². The lowest BCUT2D eigenvalue weighted by molar-refractivity contribution is 0.0988. The predicted octanol–water partition coefficient (Wildman–Crippen LogP) is 3.90. The molecule has 0 N–H and O–H groups in total. The summed E-state index contributed by atoms with van der Waals surface area (Å²) in [6.07, 6.45) is 2.76.